The summed E-state index contributed by atoms with van der Waals surface area (Å²) in [6.45, 7) is 0.433. The highest BCUT2D eigenvalue weighted by atomic mass is 32.2. The van der Waals surface area contributed by atoms with Gasteiger partial charge in [-0.25, -0.2) is 8.42 Å². The van der Waals surface area contributed by atoms with Crippen LogP contribution in [0.3, 0.4) is 0 Å². The van der Waals surface area contributed by atoms with Crippen molar-refractivity contribution in [2.45, 2.75) is 56.5 Å². The molecule has 3 N–H and O–H groups in total. The Bertz CT molecular complexity index is 350. The molecule has 0 bridgehead atoms. The van der Waals surface area contributed by atoms with E-state index in [1.165, 1.54) is 32.1 Å². The second-order valence-corrected chi connectivity index (χ2v) is 7.84. The molecule has 0 amide bonds. The Morgan fingerprint density at radius 3 is 2.47 bits per heavy atom. The molecule has 1 atom stereocenters. The van der Waals surface area contributed by atoms with Crippen LogP contribution in [0.1, 0.15) is 44.9 Å². The fourth-order valence-electron chi connectivity index (χ4n) is 3.21. The van der Waals surface area contributed by atoms with Gasteiger partial charge in [0.15, 0.2) is 9.84 Å². The molecule has 100 valence electrons. The molecule has 1 saturated carbocycles. The van der Waals surface area contributed by atoms with E-state index in [-0.39, 0.29) is 11.3 Å². The Morgan fingerprint density at radius 1 is 1.18 bits per heavy atom. The van der Waals surface area contributed by atoms with E-state index in [1.807, 2.05) is 0 Å². The lowest BCUT2D eigenvalue weighted by Gasteiger charge is -2.41. The first-order chi connectivity index (χ1) is 8.05. The minimum atomic E-state index is -2.90. The van der Waals surface area contributed by atoms with E-state index in [0.717, 1.165) is 12.8 Å². The Kier molecular flexibility index (Phi) is 4.10. The van der Waals surface area contributed by atoms with Crippen LogP contribution < -0.4 is 11.1 Å². The van der Waals surface area contributed by atoms with Gasteiger partial charge in [-0.15, -0.1) is 0 Å². The second kappa shape index (κ2) is 5.24. The third-order valence-electron chi connectivity index (χ3n) is 4.11. The van der Waals surface area contributed by atoms with Crippen molar-refractivity contribution in [3.63, 3.8) is 0 Å². The molecule has 2 fully saturated rings. The molecule has 2 aliphatic rings. The summed E-state index contributed by atoms with van der Waals surface area (Å²) in [5.74, 6) is 0.564. The van der Waals surface area contributed by atoms with Crippen molar-refractivity contribution in [1.29, 1.82) is 0 Å². The molecular formula is C12H24N2O2S. The van der Waals surface area contributed by atoms with Gasteiger partial charge >= 0.3 is 0 Å². The fraction of sp³-hybridized carbons (Fsp3) is 1.00. The summed E-state index contributed by atoms with van der Waals surface area (Å²) in [5, 5.41) is 3.57. The molecule has 17 heavy (non-hydrogen) atoms. The van der Waals surface area contributed by atoms with Gasteiger partial charge < -0.3 is 11.1 Å². The molecule has 0 spiro atoms. The second-order valence-electron chi connectivity index (χ2n) is 5.66. The van der Waals surface area contributed by atoms with Crippen LogP contribution in [0.4, 0.5) is 0 Å². The van der Waals surface area contributed by atoms with Crippen molar-refractivity contribution < 1.29 is 8.42 Å². The van der Waals surface area contributed by atoms with Crippen molar-refractivity contribution in [2.75, 3.05) is 18.1 Å². The Balaban J connectivity index is 2.02. The largest absolute Gasteiger partial charge is 0.329 e. The minimum absolute atomic E-state index is 0.229. The number of nitrogens with two attached hydrogens (primary N) is 1. The maximum Gasteiger partial charge on any atom is 0.152 e. The number of hydrogen-bond donors (Lipinski definition) is 2. The summed E-state index contributed by atoms with van der Waals surface area (Å²) < 4.78 is 23.5. The molecule has 5 heteroatoms. The van der Waals surface area contributed by atoms with Crippen molar-refractivity contribution in [1.82, 2.24) is 5.32 Å². The summed E-state index contributed by atoms with van der Waals surface area (Å²) in [7, 11) is -2.90. The SMILES string of the molecule is NCC1(NC2CCCCC2)CCCS(=O)(=O)C1. The topological polar surface area (TPSA) is 72.2 Å². The van der Waals surface area contributed by atoms with E-state index in [0.29, 0.717) is 18.3 Å². The fourth-order valence-corrected chi connectivity index (χ4v) is 5.13. The van der Waals surface area contributed by atoms with E-state index in [1.54, 1.807) is 0 Å². The van der Waals surface area contributed by atoms with Gasteiger partial charge in [-0.3, -0.25) is 0 Å². The normalized spacial score (nSPS) is 34.6. The molecule has 1 saturated heterocycles. The average molecular weight is 260 g/mol. The molecule has 0 aromatic carbocycles. The highest BCUT2D eigenvalue weighted by molar-refractivity contribution is 7.91. The summed E-state index contributed by atoms with van der Waals surface area (Å²) in [5.41, 5.74) is 5.50. The van der Waals surface area contributed by atoms with Crippen LogP contribution in [-0.2, 0) is 9.84 Å². The molecule has 2 rings (SSSR count). The van der Waals surface area contributed by atoms with Crippen LogP contribution in [0, 0.1) is 0 Å². The Hall–Kier alpha value is -0.130. The van der Waals surface area contributed by atoms with E-state index < -0.39 is 9.84 Å². The summed E-state index contributed by atoms with van der Waals surface area (Å²) in [4.78, 5) is 0. The van der Waals surface area contributed by atoms with Gasteiger partial charge in [0.25, 0.3) is 0 Å². The lowest BCUT2D eigenvalue weighted by atomic mass is 9.89. The van der Waals surface area contributed by atoms with E-state index in [4.69, 9.17) is 5.73 Å². The molecule has 1 aliphatic carbocycles. The third kappa shape index (κ3) is 3.42. The van der Waals surface area contributed by atoms with Gasteiger partial charge in [0.2, 0.25) is 0 Å². The highest BCUT2D eigenvalue weighted by Gasteiger charge is 2.39. The maximum atomic E-state index is 11.8. The van der Waals surface area contributed by atoms with Gasteiger partial charge in [0.05, 0.1) is 11.5 Å². The zero-order valence-corrected chi connectivity index (χ0v) is 11.3. The van der Waals surface area contributed by atoms with Crippen molar-refractivity contribution in [2.24, 2.45) is 5.73 Å². The number of hydrogen-bond acceptors (Lipinski definition) is 4. The number of sulfone groups is 1. The minimum Gasteiger partial charge on any atom is -0.329 e. The van der Waals surface area contributed by atoms with Crippen LogP contribution in [-0.4, -0.2) is 38.0 Å². The highest BCUT2D eigenvalue weighted by Crippen LogP contribution is 2.26. The summed E-state index contributed by atoms with van der Waals surface area (Å²) >= 11 is 0. The zero-order chi connectivity index (χ0) is 12.4. The van der Waals surface area contributed by atoms with Crippen LogP contribution in [0.2, 0.25) is 0 Å². The molecule has 4 nitrogen and oxygen atoms in total. The lowest BCUT2D eigenvalue weighted by molar-refractivity contribution is 0.251. The van der Waals surface area contributed by atoms with Gasteiger partial charge in [-0.05, 0) is 25.7 Å². The third-order valence-corrected chi connectivity index (χ3v) is 6.02. The zero-order valence-electron chi connectivity index (χ0n) is 10.5. The lowest BCUT2D eigenvalue weighted by Crippen LogP contribution is -2.61. The summed E-state index contributed by atoms with van der Waals surface area (Å²) in [6, 6.07) is 0.473. The van der Waals surface area contributed by atoms with Crippen LogP contribution in [0.25, 0.3) is 0 Å². The van der Waals surface area contributed by atoms with Crippen LogP contribution in [0.15, 0.2) is 0 Å². The molecule has 1 heterocycles. The quantitative estimate of drug-likeness (QED) is 0.788. The van der Waals surface area contributed by atoms with E-state index in [9.17, 15) is 8.42 Å². The van der Waals surface area contributed by atoms with E-state index >= 15 is 0 Å². The predicted octanol–water partition coefficient (Wildman–Crippen LogP) is 0.815. The van der Waals surface area contributed by atoms with Crippen LogP contribution >= 0.6 is 0 Å². The smallest absolute Gasteiger partial charge is 0.152 e. The Labute approximate surface area is 104 Å². The standard InChI is InChI=1S/C12H24N2O2S/c13-9-12(7-4-8-17(15,16)10-12)14-11-5-2-1-3-6-11/h11,14H,1-10,13H2. The summed E-state index contributed by atoms with van der Waals surface area (Å²) in [6.07, 6.45) is 7.81. The molecule has 0 aromatic rings. The predicted molar refractivity (Wildman–Crippen MR) is 69.7 cm³/mol. The molecule has 1 unspecified atom stereocenters. The van der Waals surface area contributed by atoms with Crippen molar-refractivity contribution in [3.05, 3.63) is 0 Å². The first kappa shape index (κ1) is 13.3. The number of rotatable bonds is 3. The number of nitrogens with one attached hydrogen (secondary N) is 1. The maximum absolute atomic E-state index is 11.8. The monoisotopic (exact) mass is 260 g/mol. The Morgan fingerprint density at radius 2 is 1.88 bits per heavy atom. The van der Waals surface area contributed by atoms with Gasteiger partial charge in [-0.1, -0.05) is 19.3 Å². The van der Waals surface area contributed by atoms with Gasteiger partial charge in [0, 0.05) is 18.1 Å². The van der Waals surface area contributed by atoms with E-state index in [2.05, 4.69) is 5.32 Å². The van der Waals surface area contributed by atoms with Gasteiger partial charge in [0.1, 0.15) is 0 Å². The van der Waals surface area contributed by atoms with Gasteiger partial charge in [-0.2, -0.15) is 0 Å². The molecule has 0 aromatic heterocycles. The molecule has 1 aliphatic heterocycles. The molecule has 0 radical (unpaired) electrons. The van der Waals surface area contributed by atoms with Crippen molar-refractivity contribution in [3.8, 4) is 0 Å². The molecular weight excluding hydrogens is 236 g/mol. The first-order valence-corrected chi connectivity index (χ1v) is 8.56. The van der Waals surface area contributed by atoms with Crippen molar-refractivity contribution >= 4 is 9.84 Å². The average Bonchev–Trinajstić information content (AvgIpc) is 2.29. The van der Waals surface area contributed by atoms with Crippen LogP contribution in [0.5, 0.6) is 0 Å². The first-order valence-electron chi connectivity index (χ1n) is 6.73.